The van der Waals surface area contributed by atoms with Crippen molar-refractivity contribution in [1.82, 2.24) is 0 Å². The third-order valence-corrected chi connectivity index (χ3v) is 7.79. The number of rotatable bonds is 5. The van der Waals surface area contributed by atoms with Crippen LogP contribution in [0.2, 0.25) is 0 Å². The highest BCUT2D eigenvalue weighted by Gasteiger charge is 2.39. The van der Waals surface area contributed by atoms with Gasteiger partial charge in [-0.15, -0.1) is 0 Å². The van der Waals surface area contributed by atoms with E-state index in [2.05, 4.69) is 20.8 Å². The maximum Gasteiger partial charge on any atom is -0.0380 e. The maximum atomic E-state index is 2.57. The molecule has 0 radical (unpaired) electrons. The lowest BCUT2D eigenvalue weighted by molar-refractivity contribution is 0.255. The van der Waals surface area contributed by atoms with Crippen molar-refractivity contribution in [2.24, 2.45) is 41.4 Å². The smallest absolute Gasteiger partial charge is 0.0380 e. The summed E-state index contributed by atoms with van der Waals surface area (Å²) in [7, 11) is 0. The molecule has 150 valence electrons. The average molecular weight is 351 g/mol. The fourth-order valence-corrected chi connectivity index (χ4v) is 6.21. The van der Waals surface area contributed by atoms with Gasteiger partial charge in [0.25, 0.3) is 0 Å². The topological polar surface area (TPSA) is 0 Å². The quantitative estimate of drug-likeness (QED) is 0.465. The monoisotopic (exact) mass is 350 g/mol. The molecule has 6 atom stereocenters. The third-order valence-electron chi connectivity index (χ3n) is 7.79. The van der Waals surface area contributed by atoms with E-state index in [0.29, 0.717) is 0 Å². The van der Waals surface area contributed by atoms with E-state index in [1.54, 1.807) is 32.1 Å². The zero-order valence-corrected chi connectivity index (χ0v) is 18.8. The van der Waals surface area contributed by atoms with Crippen molar-refractivity contribution >= 4 is 0 Å². The molecule has 3 saturated carbocycles. The van der Waals surface area contributed by atoms with E-state index in [9.17, 15) is 0 Å². The Bertz CT molecular complexity index is 314. The van der Waals surface area contributed by atoms with Gasteiger partial charge in [0, 0.05) is 0 Å². The molecule has 0 spiro atoms. The number of hydrogen-bond donors (Lipinski definition) is 0. The Balaban J connectivity index is 0.000000730. The van der Waals surface area contributed by atoms with Crippen LogP contribution in [0.5, 0.6) is 0 Å². The van der Waals surface area contributed by atoms with Crippen LogP contribution in [0.3, 0.4) is 0 Å². The van der Waals surface area contributed by atoms with E-state index in [-0.39, 0.29) is 0 Å². The summed E-state index contributed by atoms with van der Waals surface area (Å²) in [6.45, 7) is 15.5. The molecule has 0 nitrogen and oxygen atoms in total. The minimum atomic E-state index is 1.01. The molecular formula is C25H50. The normalized spacial score (nSPS) is 36.4. The summed E-state index contributed by atoms with van der Waals surface area (Å²) in [4.78, 5) is 0. The van der Waals surface area contributed by atoms with Crippen molar-refractivity contribution in [2.75, 3.05) is 0 Å². The van der Waals surface area contributed by atoms with Crippen LogP contribution in [-0.2, 0) is 0 Å². The van der Waals surface area contributed by atoms with Crippen molar-refractivity contribution < 1.29 is 0 Å². The predicted octanol–water partition coefficient (Wildman–Crippen LogP) is 8.74. The van der Waals surface area contributed by atoms with E-state index in [1.165, 1.54) is 38.5 Å². The van der Waals surface area contributed by atoms with Crippen molar-refractivity contribution in [3.8, 4) is 0 Å². The van der Waals surface area contributed by atoms with Gasteiger partial charge < -0.3 is 0 Å². The molecule has 0 aromatic heterocycles. The molecule has 0 aliphatic heterocycles. The molecule has 0 saturated heterocycles. The van der Waals surface area contributed by atoms with Crippen molar-refractivity contribution in [2.45, 2.75) is 119 Å². The van der Waals surface area contributed by atoms with Crippen molar-refractivity contribution in [3.05, 3.63) is 0 Å². The van der Waals surface area contributed by atoms with Crippen LogP contribution in [0.25, 0.3) is 0 Å². The van der Waals surface area contributed by atoms with Crippen LogP contribution < -0.4 is 0 Å². The molecule has 3 aliphatic rings. The van der Waals surface area contributed by atoms with Crippen LogP contribution in [0.4, 0.5) is 0 Å². The molecule has 0 heterocycles. The van der Waals surface area contributed by atoms with E-state index in [4.69, 9.17) is 0 Å². The highest BCUT2D eigenvalue weighted by molar-refractivity contribution is 4.90. The first kappa shape index (κ1) is 23.0. The maximum absolute atomic E-state index is 2.57. The van der Waals surface area contributed by atoms with Gasteiger partial charge in [-0.25, -0.2) is 0 Å². The van der Waals surface area contributed by atoms with Crippen LogP contribution in [0, 0.1) is 41.4 Å². The largest absolute Gasteiger partial charge is 0.0683 e. The third kappa shape index (κ3) is 6.59. The Morgan fingerprint density at radius 3 is 2.00 bits per heavy atom. The molecule has 3 fully saturated rings. The lowest BCUT2D eigenvalue weighted by Gasteiger charge is -2.25. The zero-order chi connectivity index (χ0) is 18.8. The van der Waals surface area contributed by atoms with Gasteiger partial charge in [-0.05, 0) is 73.5 Å². The minimum absolute atomic E-state index is 1.01. The number of hydrogen-bond acceptors (Lipinski definition) is 0. The molecule has 3 rings (SSSR count). The fraction of sp³-hybridized carbons (Fsp3) is 1.00. The van der Waals surface area contributed by atoms with Crippen LogP contribution in [0.1, 0.15) is 119 Å². The van der Waals surface area contributed by atoms with Crippen LogP contribution >= 0.6 is 0 Å². The zero-order valence-electron chi connectivity index (χ0n) is 18.8. The standard InChI is InChI=1S/C21H38.2C2H6/c1-4-17-9-10-19(13-17)21-12-16(3)20(14-21)11-15(2)18-7-5-6-8-18;2*1-2/h15-21H,4-14H2,1-3H3;2*1-2H3. The predicted molar refractivity (Wildman–Crippen MR) is 115 cm³/mol. The Labute approximate surface area is 160 Å². The summed E-state index contributed by atoms with van der Waals surface area (Å²) in [5.41, 5.74) is 0. The van der Waals surface area contributed by atoms with E-state index in [1.807, 2.05) is 27.7 Å². The Morgan fingerprint density at radius 2 is 1.44 bits per heavy atom. The Morgan fingerprint density at radius 1 is 0.800 bits per heavy atom. The van der Waals surface area contributed by atoms with Crippen LogP contribution in [0.15, 0.2) is 0 Å². The van der Waals surface area contributed by atoms with E-state index in [0.717, 1.165) is 41.4 Å². The van der Waals surface area contributed by atoms with Gasteiger partial charge in [0.2, 0.25) is 0 Å². The van der Waals surface area contributed by atoms with Gasteiger partial charge >= 0.3 is 0 Å². The first-order valence-electron chi connectivity index (χ1n) is 12.2. The molecule has 0 aromatic carbocycles. The molecule has 25 heavy (non-hydrogen) atoms. The Hall–Kier alpha value is 0. The van der Waals surface area contributed by atoms with Gasteiger partial charge in [-0.2, -0.15) is 0 Å². The summed E-state index contributed by atoms with van der Waals surface area (Å²) < 4.78 is 0. The highest BCUT2D eigenvalue weighted by Crippen LogP contribution is 2.49. The summed E-state index contributed by atoms with van der Waals surface area (Å²) in [5, 5.41) is 0. The van der Waals surface area contributed by atoms with Gasteiger partial charge in [0.05, 0.1) is 0 Å². The van der Waals surface area contributed by atoms with Crippen molar-refractivity contribution in [3.63, 3.8) is 0 Å². The van der Waals surface area contributed by atoms with Gasteiger partial charge in [-0.1, -0.05) is 87.0 Å². The average Bonchev–Trinajstić information content (AvgIpc) is 3.40. The first-order chi connectivity index (χ1) is 12.2. The lowest BCUT2D eigenvalue weighted by Crippen LogP contribution is -2.15. The molecule has 6 unspecified atom stereocenters. The molecule has 0 N–H and O–H groups in total. The lowest BCUT2D eigenvalue weighted by atomic mass is 9.81. The minimum Gasteiger partial charge on any atom is -0.0683 e. The van der Waals surface area contributed by atoms with E-state index >= 15 is 0 Å². The second kappa shape index (κ2) is 12.4. The first-order valence-corrected chi connectivity index (χ1v) is 12.2. The summed E-state index contributed by atoms with van der Waals surface area (Å²) in [5.74, 6) is 7.42. The molecular weight excluding hydrogens is 300 g/mol. The second-order valence-corrected chi connectivity index (χ2v) is 9.07. The fourth-order valence-electron chi connectivity index (χ4n) is 6.21. The Kier molecular flexibility index (Phi) is 11.4. The molecule has 0 amide bonds. The summed E-state index contributed by atoms with van der Waals surface area (Å²) in [6, 6.07) is 0. The second-order valence-electron chi connectivity index (χ2n) is 9.07. The van der Waals surface area contributed by atoms with Gasteiger partial charge in [-0.3, -0.25) is 0 Å². The molecule has 3 aliphatic carbocycles. The molecule has 0 aromatic rings. The van der Waals surface area contributed by atoms with Gasteiger partial charge in [0.15, 0.2) is 0 Å². The van der Waals surface area contributed by atoms with Crippen LogP contribution in [-0.4, -0.2) is 0 Å². The highest BCUT2D eigenvalue weighted by atomic mass is 14.4. The SMILES string of the molecule is CC.CC.CCC1CCC(C2CC(C)C(CC(C)C3CCCC3)C2)C1. The molecule has 0 bridgehead atoms. The van der Waals surface area contributed by atoms with Crippen molar-refractivity contribution in [1.29, 1.82) is 0 Å². The summed E-state index contributed by atoms with van der Waals surface area (Å²) in [6.07, 6.45) is 16.9. The molecule has 0 heteroatoms. The summed E-state index contributed by atoms with van der Waals surface area (Å²) >= 11 is 0. The van der Waals surface area contributed by atoms with E-state index < -0.39 is 0 Å². The van der Waals surface area contributed by atoms with Gasteiger partial charge in [0.1, 0.15) is 0 Å².